The average Bonchev–Trinajstić information content (AvgIpc) is 2.29. The first-order chi connectivity index (χ1) is 7.33. The maximum Gasteiger partial charge on any atom is 0.235 e. The number of rotatable bonds is 2. The number of fused-ring (bicyclic) bond motifs is 1. The van der Waals surface area contributed by atoms with Gasteiger partial charge in [0.25, 0.3) is 0 Å². The van der Waals surface area contributed by atoms with Crippen LogP contribution in [0.1, 0.15) is 11.1 Å². The van der Waals surface area contributed by atoms with Crippen LogP contribution >= 0.6 is 0 Å². The number of ether oxygens (including phenoxy) is 2. The van der Waals surface area contributed by atoms with Gasteiger partial charge in [-0.25, -0.2) is 9.79 Å². The molecular formula is C11H11NO3. The summed E-state index contributed by atoms with van der Waals surface area (Å²) in [6.07, 6.45) is 1.52. The Hall–Kier alpha value is -1.80. The largest absolute Gasteiger partial charge is 0.486 e. The van der Waals surface area contributed by atoms with Crippen molar-refractivity contribution in [2.24, 2.45) is 4.99 Å². The minimum Gasteiger partial charge on any atom is -0.486 e. The van der Waals surface area contributed by atoms with E-state index in [0.29, 0.717) is 19.0 Å². The molecule has 0 aliphatic carbocycles. The van der Waals surface area contributed by atoms with Gasteiger partial charge in [-0.05, 0) is 12.5 Å². The summed E-state index contributed by atoms with van der Waals surface area (Å²) in [6, 6.07) is 3.83. The van der Waals surface area contributed by atoms with Crippen LogP contribution in [0.3, 0.4) is 0 Å². The molecule has 0 fully saturated rings. The van der Waals surface area contributed by atoms with E-state index >= 15 is 0 Å². The maximum absolute atomic E-state index is 10.0. The third-order valence-electron chi connectivity index (χ3n) is 2.28. The fourth-order valence-electron chi connectivity index (χ4n) is 1.57. The normalized spacial score (nSPS) is 13.1. The van der Waals surface area contributed by atoms with E-state index in [9.17, 15) is 4.79 Å². The number of aliphatic imine (C=N–C) groups is 1. The Balaban J connectivity index is 2.42. The van der Waals surface area contributed by atoms with Crippen molar-refractivity contribution in [3.05, 3.63) is 23.3 Å². The Bertz CT molecular complexity index is 422. The lowest BCUT2D eigenvalue weighted by Gasteiger charge is -2.22. The molecule has 2 rings (SSSR count). The second kappa shape index (κ2) is 4.15. The van der Waals surface area contributed by atoms with E-state index in [1.165, 1.54) is 6.08 Å². The van der Waals surface area contributed by atoms with Crippen LogP contribution in [0.2, 0.25) is 0 Å². The predicted molar refractivity (Wildman–Crippen MR) is 54.0 cm³/mol. The maximum atomic E-state index is 10.0. The molecule has 1 aliphatic heterocycles. The van der Waals surface area contributed by atoms with Gasteiger partial charge in [-0.1, -0.05) is 12.1 Å². The molecule has 0 saturated carbocycles. The Morgan fingerprint density at radius 1 is 1.33 bits per heavy atom. The molecule has 0 amide bonds. The van der Waals surface area contributed by atoms with Gasteiger partial charge in [-0.3, -0.25) is 0 Å². The Kier molecular flexibility index (Phi) is 2.70. The smallest absolute Gasteiger partial charge is 0.235 e. The van der Waals surface area contributed by atoms with Crippen LogP contribution in [0.15, 0.2) is 17.1 Å². The summed E-state index contributed by atoms with van der Waals surface area (Å²) in [4.78, 5) is 13.6. The Labute approximate surface area is 87.5 Å². The monoisotopic (exact) mass is 205 g/mol. The van der Waals surface area contributed by atoms with Crippen molar-refractivity contribution in [2.75, 3.05) is 13.2 Å². The van der Waals surface area contributed by atoms with Crippen molar-refractivity contribution in [1.82, 2.24) is 0 Å². The van der Waals surface area contributed by atoms with Crippen LogP contribution in [-0.2, 0) is 11.3 Å². The number of benzene rings is 1. The first kappa shape index (κ1) is 9.74. The van der Waals surface area contributed by atoms with Gasteiger partial charge >= 0.3 is 0 Å². The van der Waals surface area contributed by atoms with E-state index in [1.54, 1.807) is 0 Å². The van der Waals surface area contributed by atoms with Crippen LogP contribution in [0.5, 0.6) is 11.5 Å². The van der Waals surface area contributed by atoms with E-state index < -0.39 is 0 Å². The van der Waals surface area contributed by atoms with Gasteiger partial charge in [0.15, 0.2) is 11.5 Å². The predicted octanol–water partition coefficient (Wildman–Crippen LogP) is 1.60. The summed E-state index contributed by atoms with van der Waals surface area (Å²) >= 11 is 0. The second-order valence-corrected chi connectivity index (χ2v) is 3.30. The molecule has 0 saturated heterocycles. The fourth-order valence-corrected chi connectivity index (χ4v) is 1.57. The number of isocyanates is 1. The fraction of sp³-hybridized carbons (Fsp3) is 0.364. The van der Waals surface area contributed by atoms with Gasteiger partial charge in [-0.2, -0.15) is 0 Å². The molecular weight excluding hydrogens is 194 g/mol. The summed E-state index contributed by atoms with van der Waals surface area (Å²) in [7, 11) is 0. The third-order valence-corrected chi connectivity index (χ3v) is 2.28. The average molecular weight is 205 g/mol. The highest BCUT2D eigenvalue weighted by molar-refractivity contribution is 5.52. The van der Waals surface area contributed by atoms with Crippen LogP contribution in [0, 0.1) is 6.92 Å². The van der Waals surface area contributed by atoms with E-state index in [2.05, 4.69) is 4.99 Å². The lowest BCUT2D eigenvalue weighted by Crippen LogP contribution is -2.17. The van der Waals surface area contributed by atoms with E-state index in [4.69, 9.17) is 9.47 Å². The molecule has 1 aromatic rings. The number of hydrogen-bond acceptors (Lipinski definition) is 4. The van der Waals surface area contributed by atoms with Crippen molar-refractivity contribution < 1.29 is 14.3 Å². The first-order valence-corrected chi connectivity index (χ1v) is 4.74. The molecule has 0 unspecified atom stereocenters. The summed E-state index contributed by atoms with van der Waals surface area (Å²) in [6.45, 7) is 3.35. The lowest BCUT2D eigenvalue weighted by molar-refractivity contribution is 0.169. The number of nitrogens with zero attached hydrogens (tertiary/aromatic N) is 1. The molecule has 0 spiro atoms. The van der Waals surface area contributed by atoms with Gasteiger partial charge < -0.3 is 9.47 Å². The first-order valence-electron chi connectivity index (χ1n) is 4.74. The molecule has 0 radical (unpaired) electrons. The number of aryl methyl sites for hydroxylation is 1. The minimum absolute atomic E-state index is 0.287. The molecule has 15 heavy (non-hydrogen) atoms. The Morgan fingerprint density at radius 2 is 2.07 bits per heavy atom. The van der Waals surface area contributed by atoms with Crippen molar-refractivity contribution in [1.29, 1.82) is 0 Å². The molecule has 4 heteroatoms. The zero-order valence-electron chi connectivity index (χ0n) is 8.45. The van der Waals surface area contributed by atoms with Crippen molar-refractivity contribution >= 4 is 6.08 Å². The molecule has 1 aliphatic rings. The van der Waals surface area contributed by atoms with Gasteiger partial charge in [0.2, 0.25) is 6.08 Å². The van der Waals surface area contributed by atoms with E-state index in [-0.39, 0.29) is 6.54 Å². The van der Waals surface area contributed by atoms with Crippen molar-refractivity contribution in [3.63, 3.8) is 0 Å². The highest BCUT2D eigenvalue weighted by Gasteiger charge is 2.17. The van der Waals surface area contributed by atoms with Crippen molar-refractivity contribution in [2.45, 2.75) is 13.5 Å². The minimum atomic E-state index is 0.287. The van der Waals surface area contributed by atoms with Crippen molar-refractivity contribution in [3.8, 4) is 11.5 Å². The SMILES string of the molecule is Cc1ccc(CN=C=O)c2c1OCCO2. The van der Waals surface area contributed by atoms with E-state index in [0.717, 1.165) is 16.9 Å². The van der Waals surface area contributed by atoms with Gasteiger partial charge in [0.1, 0.15) is 13.2 Å². The van der Waals surface area contributed by atoms with Crippen LogP contribution in [0.4, 0.5) is 0 Å². The standard InChI is InChI=1S/C11H11NO3/c1-8-2-3-9(6-12-7-13)11-10(8)14-4-5-15-11/h2-3H,4-6H2,1H3. The highest BCUT2D eigenvalue weighted by atomic mass is 16.6. The summed E-state index contributed by atoms with van der Waals surface area (Å²) < 4.78 is 11.0. The van der Waals surface area contributed by atoms with Gasteiger partial charge in [-0.15, -0.1) is 0 Å². The topological polar surface area (TPSA) is 47.9 Å². The van der Waals surface area contributed by atoms with Crippen LogP contribution < -0.4 is 9.47 Å². The van der Waals surface area contributed by atoms with Crippen LogP contribution in [0.25, 0.3) is 0 Å². The molecule has 0 aromatic heterocycles. The van der Waals surface area contributed by atoms with E-state index in [1.807, 2.05) is 19.1 Å². The molecule has 1 aromatic carbocycles. The molecule has 1 heterocycles. The summed E-state index contributed by atoms with van der Waals surface area (Å²) in [5, 5.41) is 0. The third kappa shape index (κ3) is 1.85. The molecule has 0 bridgehead atoms. The number of carbonyl (C=O) groups excluding carboxylic acids is 1. The Morgan fingerprint density at radius 3 is 2.80 bits per heavy atom. The number of hydrogen-bond donors (Lipinski definition) is 0. The molecule has 4 nitrogen and oxygen atoms in total. The quantitative estimate of drug-likeness (QED) is 0.544. The van der Waals surface area contributed by atoms with Crippen LogP contribution in [-0.4, -0.2) is 19.3 Å². The van der Waals surface area contributed by atoms with Gasteiger partial charge in [0, 0.05) is 5.56 Å². The summed E-state index contributed by atoms with van der Waals surface area (Å²) in [5.74, 6) is 1.47. The molecule has 78 valence electrons. The zero-order chi connectivity index (χ0) is 10.7. The summed E-state index contributed by atoms with van der Waals surface area (Å²) in [5.41, 5.74) is 1.89. The molecule has 0 atom stereocenters. The lowest BCUT2D eigenvalue weighted by atomic mass is 10.1. The van der Waals surface area contributed by atoms with Gasteiger partial charge in [0.05, 0.1) is 6.54 Å². The second-order valence-electron chi connectivity index (χ2n) is 3.30. The highest BCUT2D eigenvalue weighted by Crippen LogP contribution is 2.37. The zero-order valence-corrected chi connectivity index (χ0v) is 8.45. The molecule has 0 N–H and O–H groups in total.